The Morgan fingerprint density at radius 3 is 2.89 bits per heavy atom. The highest BCUT2D eigenvalue weighted by Gasteiger charge is 2.29. The number of aliphatic carboxylic acids is 1. The van der Waals surface area contributed by atoms with Crippen LogP contribution >= 0.6 is 11.3 Å². The molecule has 0 aromatic carbocycles. The lowest BCUT2D eigenvalue weighted by molar-refractivity contribution is -0.136. The molecule has 18 heavy (non-hydrogen) atoms. The van der Waals surface area contributed by atoms with E-state index in [0.717, 1.165) is 17.1 Å². The molecule has 5 nitrogen and oxygen atoms in total. The van der Waals surface area contributed by atoms with Crippen molar-refractivity contribution in [2.24, 2.45) is 0 Å². The van der Waals surface area contributed by atoms with Gasteiger partial charge in [0.05, 0.1) is 17.1 Å². The fourth-order valence-corrected chi connectivity index (χ4v) is 3.07. The molecule has 1 N–H and O–H groups in total. The molecular weight excluding hydrogens is 252 g/mol. The molecule has 0 fully saturated rings. The SMILES string of the molecule is CC(C)N1CCc2nc(CCC(=O)O)sc2C1=O. The van der Waals surface area contributed by atoms with Gasteiger partial charge in [0.15, 0.2) is 0 Å². The minimum Gasteiger partial charge on any atom is -0.481 e. The Morgan fingerprint density at radius 1 is 1.56 bits per heavy atom. The van der Waals surface area contributed by atoms with E-state index in [2.05, 4.69) is 4.98 Å². The third-order valence-corrected chi connectivity index (χ3v) is 4.11. The summed E-state index contributed by atoms with van der Waals surface area (Å²) in [7, 11) is 0. The molecule has 0 radical (unpaired) electrons. The second-order valence-electron chi connectivity index (χ2n) is 4.62. The number of carboxylic acids is 1. The van der Waals surface area contributed by atoms with Crippen molar-refractivity contribution in [3.63, 3.8) is 0 Å². The smallest absolute Gasteiger partial charge is 0.303 e. The minimum atomic E-state index is -0.835. The number of hydrogen-bond acceptors (Lipinski definition) is 4. The van der Waals surface area contributed by atoms with Crippen LogP contribution < -0.4 is 0 Å². The van der Waals surface area contributed by atoms with Crippen molar-refractivity contribution >= 4 is 23.2 Å². The third kappa shape index (κ3) is 2.53. The summed E-state index contributed by atoms with van der Waals surface area (Å²) in [4.78, 5) is 29.6. The van der Waals surface area contributed by atoms with Gasteiger partial charge < -0.3 is 10.0 Å². The van der Waals surface area contributed by atoms with Gasteiger partial charge in [-0.1, -0.05) is 0 Å². The first-order valence-corrected chi connectivity index (χ1v) is 6.82. The van der Waals surface area contributed by atoms with Crippen LogP contribution in [0.25, 0.3) is 0 Å². The highest BCUT2D eigenvalue weighted by Crippen LogP contribution is 2.26. The predicted molar refractivity (Wildman–Crippen MR) is 67.9 cm³/mol. The molecule has 0 saturated heterocycles. The van der Waals surface area contributed by atoms with Gasteiger partial charge >= 0.3 is 5.97 Å². The Kier molecular flexibility index (Phi) is 3.65. The van der Waals surface area contributed by atoms with Gasteiger partial charge in [-0.3, -0.25) is 9.59 Å². The number of amides is 1. The van der Waals surface area contributed by atoms with E-state index in [4.69, 9.17) is 5.11 Å². The standard InChI is InChI=1S/C12H16N2O3S/c1-7(2)14-6-5-8-11(12(14)17)18-9(13-8)3-4-10(15)16/h7H,3-6H2,1-2H3,(H,15,16). The van der Waals surface area contributed by atoms with Gasteiger partial charge in [-0.15, -0.1) is 11.3 Å². The van der Waals surface area contributed by atoms with Gasteiger partial charge in [-0.25, -0.2) is 4.98 Å². The zero-order valence-corrected chi connectivity index (χ0v) is 11.3. The summed E-state index contributed by atoms with van der Waals surface area (Å²) in [6.45, 7) is 4.69. The lowest BCUT2D eigenvalue weighted by Gasteiger charge is -2.29. The quantitative estimate of drug-likeness (QED) is 0.899. The first-order valence-electron chi connectivity index (χ1n) is 6.00. The average Bonchev–Trinajstić information content (AvgIpc) is 2.70. The molecule has 98 valence electrons. The lowest BCUT2D eigenvalue weighted by atomic mass is 10.1. The summed E-state index contributed by atoms with van der Waals surface area (Å²) in [6, 6.07) is 0.190. The molecule has 0 atom stereocenters. The maximum absolute atomic E-state index is 12.2. The summed E-state index contributed by atoms with van der Waals surface area (Å²) >= 11 is 1.34. The Hall–Kier alpha value is -1.43. The number of hydrogen-bond donors (Lipinski definition) is 1. The van der Waals surface area contributed by atoms with Crippen molar-refractivity contribution in [1.82, 2.24) is 9.88 Å². The molecule has 0 unspecified atom stereocenters. The van der Waals surface area contributed by atoms with Crippen molar-refractivity contribution in [2.75, 3.05) is 6.54 Å². The fraction of sp³-hybridized carbons (Fsp3) is 0.583. The van der Waals surface area contributed by atoms with E-state index >= 15 is 0 Å². The van der Waals surface area contributed by atoms with E-state index in [1.165, 1.54) is 11.3 Å². The Morgan fingerprint density at radius 2 is 2.28 bits per heavy atom. The number of thiazole rings is 1. The van der Waals surface area contributed by atoms with Gasteiger partial charge in [0.1, 0.15) is 4.88 Å². The van der Waals surface area contributed by atoms with Crippen LogP contribution in [0, 0.1) is 0 Å². The highest BCUT2D eigenvalue weighted by atomic mass is 32.1. The van der Waals surface area contributed by atoms with E-state index in [-0.39, 0.29) is 18.4 Å². The molecule has 1 aliphatic rings. The second kappa shape index (κ2) is 5.06. The molecule has 0 aliphatic carbocycles. The van der Waals surface area contributed by atoms with Crippen LogP contribution in [0.2, 0.25) is 0 Å². The number of fused-ring (bicyclic) bond motifs is 1. The monoisotopic (exact) mass is 268 g/mol. The number of carbonyl (C=O) groups is 2. The van der Waals surface area contributed by atoms with Crippen molar-refractivity contribution in [3.8, 4) is 0 Å². The van der Waals surface area contributed by atoms with Crippen LogP contribution in [-0.2, 0) is 17.6 Å². The van der Waals surface area contributed by atoms with Gasteiger partial charge in [0.25, 0.3) is 5.91 Å². The maximum atomic E-state index is 12.2. The van der Waals surface area contributed by atoms with E-state index in [0.29, 0.717) is 17.8 Å². The van der Waals surface area contributed by atoms with E-state index < -0.39 is 5.97 Å². The number of aromatic nitrogens is 1. The first-order chi connectivity index (χ1) is 8.49. The summed E-state index contributed by atoms with van der Waals surface area (Å²) < 4.78 is 0. The zero-order chi connectivity index (χ0) is 13.3. The van der Waals surface area contributed by atoms with Gasteiger partial charge in [-0.2, -0.15) is 0 Å². The molecule has 1 aromatic rings. The van der Waals surface area contributed by atoms with Crippen LogP contribution in [0.5, 0.6) is 0 Å². The molecule has 0 bridgehead atoms. The maximum Gasteiger partial charge on any atom is 0.303 e. The first kappa shape index (κ1) is 13.0. The van der Waals surface area contributed by atoms with Gasteiger partial charge in [0.2, 0.25) is 0 Å². The number of rotatable bonds is 4. The van der Waals surface area contributed by atoms with Crippen LogP contribution in [-0.4, -0.2) is 39.5 Å². The Bertz CT molecular complexity index is 482. The van der Waals surface area contributed by atoms with Crippen LogP contribution in [0.3, 0.4) is 0 Å². The summed E-state index contributed by atoms with van der Waals surface area (Å²) in [5, 5.41) is 9.40. The van der Waals surface area contributed by atoms with E-state index in [1.807, 2.05) is 18.7 Å². The van der Waals surface area contributed by atoms with Crippen molar-refractivity contribution < 1.29 is 14.7 Å². The number of aryl methyl sites for hydroxylation is 1. The molecule has 2 heterocycles. The third-order valence-electron chi connectivity index (χ3n) is 2.96. The lowest BCUT2D eigenvalue weighted by Crippen LogP contribution is -2.41. The molecule has 0 saturated carbocycles. The van der Waals surface area contributed by atoms with E-state index in [9.17, 15) is 9.59 Å². The highest BCUT2D eigenvalue weighted by molar-refractivity contribution is 7.13. The fourth-order valence-electron chi connectivity index (χ4n) is 2.01. The van der Waals surface area contributed by atoms with Crippen molar-refractivity contribution in [2.45, 2.75) is 39.2 Å². The van der Waals surface area contributed by atoms with Crippen molar-refractivity contribution in [3.05, 3.63) is 15.6 Å². The minimum absolute atomic E-state index is 0.0327. The molecule has 2 rings (SSSR count). The number of nitrogens with zero attached hydrogens (tertiary/aromatic N) is 2. The van der Waals surface area contributed by atoms with Gasteiger partial charge in [0, 0.05) is 25.4 Å². The Labute approximate surface area is 109 Å². The molecule has 1 aromatic heterocycles. The van der Waals surface area contributed by atoms with Crippen LogP contribution in [0.4, 0.5) is 0 Å². The number of carbonyl (C=O) groups excluding carboxylic acids is 1. The molecular formula is C12H16N2O3S. The summed E-state index contributed by atoms with van der Waals surface area (Å²) in [5.41, 5.74) is 0.835. The van der Waals surface area contributed by atoms with E-state index in [1.54, 1.807) is 0 Å². The zero-order valence-electron chi connectivity index (χ0n) is 10.5. The van der Waals surface area contributed by atoms with Crippen LogP contribution in [0.15, 0.2) is 0 Å². The second-order valence-corrected chi connectivity index (χ2v) is 5.70. The topological polar surface area (TPSA) is 70.5 Å². The molecule has 6 heteroatoms. The Balaban J connectivity index is 2.17. The summed E-state index contributed by atoms with van der Waals surface area (Å²) in [5.74, 6) is -0.802. The van der Waals surface area contributed by atoms with Crippen molar-refractivity contribution in [1.29, 1.82) is 0 Å². The largest absolute Gasteiger partial charge is 0.481 e. The average molecular weight is 268 g/mol. The normalized spacial score (nSPS) is 15.1. The van der Waals surface area contributed by atoms with Crippen LogP contribution in [0.1, 0.15) is 40.6 Å². The molecule has 1 aliphatic heterocycles. The summed E-state index contributed by atoms with van der Waals surface area (Å²) in [6.07, 6.45) is 1.24. The molecule has 0 spiro atoms. The molecule has 1 amide bonds. The number of carboxylic acid groups (broad SMARTS) is 1. The predicted octanol–water partition coefficient (Wildman–Crippen LogP) is 1.57. The van der Waals surface area contributed by atoms with Gasteiger partial charge in [-0.05, 0) is 13.8 Å².